The van der Waals surface area contributed by atoms with Crippen molar-refractivity contribution in [2.75, 3.05) is 13.2 Å². The lowest BCUT2D eigenvalue weighted by atomic mass is 10.1. The topological polar surface area (TPSA) is 44.5 Å². The van der Waals surface area contributed by atoms with E-state index in [9.17, 15) is 0 Å². The van der Waals surface area contributed by atoms with E-state index < -0.39 is 0 Å². The van der Waals surface area contributed by atoms with Crippen molar-refractivity contribution in [3.63, 3.8) is 0 Å². The van der Waals surface area contributed by atoms with Crippen molar-refractivity contribution in [1.29, 1.82) is 0 Å². The van der Waals surface area contributed by atoms with Gasteiger partial charge in [-0.2, -0.15) is 0 Å². The molecule has 0 amide bonds. The van der Waals surface area contributed by atoms with Crippen molar-refractivity contribution in [3.8, 4) is 5.75 Å². The summed E-state index contributed by atoms with van der Waals surface area (Å²) in [6, 6.07) is 6.24. The fourth-order valence-corrected chi connectivity index (χ4v) is 2.29. The van der Waals surface area contributed by atoms with Gasteiger partial charge in [-0.1, -0.05) is 12.1 Å². The summed E-state index contributed by atoms with van der Waals surface area (Å²) < 4.78 is 11.4. The Bertz CT molecular complexity index is 384. The molecule has 100 valence electrons. The molecule has 0 radical (unpaired) electrons. The maximum absolute atomic E-state index is 5.86. The van der Waals surface area contributed by atoms with Crippen LogP contribution in [0.2, 0.25) is 0 Å². The smallest absolute Gasteiger partial charge is 0.122 e. The van der Waals surface area contributed by atoms with Gasteiger partial charge in [0.2, 0.25) is 0 Å². The molecule has 1 fully saturated rings. The minimum atomic E-state index is 0.0737. The molecule has 2 atom stereocenters. The molecule has 0 aliphatic carbocycles. The van der Waals surface area contributed by atoms with Crippen LogP contribution in [0.25, 0.3) is 0 Å². The Kier molecular flexibility index (Phi) is 4.61. The van der Waals surface area contributed by atoms with E-state index in [0.717, 1.165) is 36.5 Å². The van der Waals surface area contributed by atoms with E-state index in [2.05, 4.69) is 13.0 Å². The fraction of sp³-hybridized carbons (Fsp3) is 0.600. The lowest BCUT2D eigenvalue weighted by Gasteiger charge is -2.14. The second-order valence-electron chi connectivity index (χ2n) is 5.09. The number of ether oxygens (including phenoxy) is 2. The monoisotopic (exact) mass is 249 g/mol. The lowest BCUT2D eigenvalue weighted by molar-refractivity contribution is 0.0902. The van der Waals surface area contributed by atoms with Gasteiger partial charge in [-0.05, 0) is 43.9 Å². The van der Waals surface area contributed by atoms with E-state index in [1.54, 1.807) is 0 Å². The van der Waals surface area contributed by atoms with Crippen LogP contribution in [-0.4, -0.2) is 19.3 Å². The highest BCUT2D eigenvalue weighted by Crippen LogP contribution is 2.23. The van der Waals surface area contributed by atoms with Gasteiger partial charge < -0.3 is 15.2 Å². The van der Waals surface area contributed by atoms with Gasteiger partial charge in [0, 0.05) is 19.1 Å². The summed E-state index contributed by atoms with van der Waals surface area (Å²) in [6.07, 6.45) is 3.74. The number of hydrogen-bond donors (Lipinski definition) is 1. The highest BCUT2D eigenvalue weighted by molar-refractivity contribution is 5.37. The molecule has 1 aliphatic heterocycles. The molecule has 2 N–H and O–H groups in total. The first kappa shape index (κ1) is 13.4. The first-order chi connectivity index (χ1) is 8.66. The second kappa shape index (κ2) is 6.21. The normalized spacial score (nSPS) is 20.9. The van der Waals surface area contributed by atoms with Crippen molar-refractivity contribution >= 4 is 0 Å². The third-order valence-electron chi connectivity index (χ3n) is 3.45. The van der Waals surface area contributed by atoms with Crippen LogP contribution in [0.1, 0.15) is 43.4 Å². The molecule has 1 saturated heterocycles. The summed E-state index contributed by atoms with van der Waals surface area (Å²) in [5.74, 6) is 0.956. The molecule has 3 nitrogen and oxygen atoms in total. The van der Waals surface area contributed by atoms with Crippen molar-refractivity contribution in [2.45, 2.75) is 45.3 Å². The standard InChI is InChI=1S/C15H23NO2/c1-11-10-13(12(2)16)5-6-15(11)18-9-7-14-4-3-8-17-14/h5-6,10,12,14H,3-4,7-9,16H2,1-2H3/t12-,14?/m0/s1. The van der Waals surface area contributed by atoms with Gasteiger partial charge in [-0.25, -0.2) is 0 Å². The Morgan fingerprint density at radius 2 is 2.33 bits per heavy atom. The van der Waals surface area contributed by atoms with Crippen LogP contribution in [0, 0.1) is 6.92 Å². The molecule has 0 saturated carbocycles. The predicted octanol–water partition coefficient (Wildman–Crippen LogP) is 2.96. The Hall–Kier alpha value is -1.06. The third kappa shape index (κ3) is 3.47. The molecule has 1 aromatic carbocycles. The maximum Gasteiger partial charge on any atom is 0.122 e. The molecular weight excluding hydrogens is 226 g/mol. The summed E-state index contributed by atoms with van der Waals surface area (Å²) in [7, 11) is 0. The predicted molar refractivity (Wildman–Crippen MR) is 72.9 cm³/mol. The summed E-state index contributed by atoms with van der Waals surface area (Å²) >= 11 is 0. The van der Waals surface area contributed by atoms with Crippen LogP contribution in [0.4, 0.5) is 0 Å². The van der Waals surface area contributed by atoms with Crippen LogP contribution in [0.3, 0.4) is 0 Å². The number of rotatable bonds is 5. The van der Waals surface area contributed by atoms with Gasteiger partial charge in [-0.3, -0.25) is 0 Å². The Morgan fingerprint density at radius 3 is 2.94 bits per heavy atom. The van der Waals surface area contributed by atoms with Crippen molar-refractivity contribution in [2.24, 2.45) is 5.73 Å². The highest BCUT2D eigenvalue weighted by atomic mass is 16.5. The molecule has 1 unspecified atom stereocenters. The van der Waals surface area contributed by atoms with E-state index in [1.165, 1.54) is 12.8 Å². The van der Waals surface area contributed by atoms with E-state index in [4.69, 9.17) is 15.2 Å². The first-order valence-corrected chi connectivity index (χ1v) is 6.77. The van der Waals surface area contributed by atoms with Crippen molar-refractivity contribution < 1.29 is 9.47 Å². The quantitative estimate of drug-likeness (QED) is 0.872. The molecular formula is C15H23NO2. The fourth-order valence-electron chi connectivity index (χ4n) is 2.29. The van der Waals surface area contributed by atoms with Gasteiger partial charge in [0.25, 0.3) is 0 Å². The minimum Gasteiger partial charge on any atom is -0.493 e. The first-order valence-electron chi connectivity index (χ1n) is 6.77. The van der Waals surface area contributed by atoms with Crippen molar-refractivity contribution in [3.05, 3.63) is 29.3 Å². The number of nitrogens with two attached hydrogens (primary N) is 1. The van der Waals surface area contributed by atoms with E-state index in [-0.39, 0.29) is 6.04 Å². The Labute approximate surface area is 109 Å². The van der Waals surface area contributed by atoms with Crippen LogP contribution in [0.15, 0.2) is 18.2 Å². The number of hydrogen-bond acceptors (Lipinski definition) is 3. The third-order valence-corrected chi connectivity index (χ3v) is 3.45. The zero-order valence-corrected chi connectivity index (χ0v) is 11.3. The van der Waals surface area contributed by atoms with Gasteiger partial charge in [-0.15, -0.1) is 0 Å². The molecule has 1 aliphatic rings. The van der Waals surface area contributed by atoms with E-state index in [0.29, 0.717) is 6.10 Å². The zero-order chi connectivity index (χ0) is 13.0. The summed E-state index contributed by atoms with van der Waals surface area (Å²) in [6.45, 7) is 5.69. The van der Waals surface area contributed by atoms with Gasteiger partial charge in [0.1, 0.15) is 5.75 Å². The van der Waals surface area contributed by atoms with Gasteiger partial charge in [0.05, 0.1) is 12.7 Å². The summed E-state index contributed by atoms with van der Waals surface area (Å²) in [5, 5.41) is 0. The highest BCUT2D eigenvalue weighted by Gasteiger charge is 2.15. The van der Waals surface area contributed by atoms with Crippen LogP contribution in [-0.2, 0) is 4.74 Å². The molecule has 0 spiro atoms. The molecule has 1 aromatic rings. The maximum atomic E-state index is 5.86. The molecule has 0 bridgehead atoms. The molecule has 2 rings (SSSR count). The number of aryl methyl sites for hydroxylation is 1. The average molecular weight is 249 g/mol. The van der Waals surface area contributed by atoms with Crippen LogP contribution >= 0.6 is 0 Å². The van der Waals surface area contributed by atoms with Crippen LogP contribution < -0.4 is 10.5 Å². The largest absolute Gasteiger partial charge is 0.493 e. The van der Waals surface area contributed by atoms with Gasteiger partial charge >= 0.3 is 0 Å². The summed E-state index contributed by atoms with van der Waals surface area (Å²) in [4.78, 5) is 0. The number of benzene rings is 1. The van der Waals surface area contributed by atoms with Gasteiger partial charge in [0.15, 0.2) is 0 Å². The van der Waals surface area contributed by atoms with E-state index in [1.807, 2.05) is 19.1 Å². The summed E-state index contributed by atoms with van der Waals surface area (Å²) in [5.41, 5.74) is 8.16. The van der Waals surface area contributed by atoms with Crippen molar-refractivity contribution in [1.82, 2.24) is 0 Å². The Balaban J connectivity index is 1.85. The van der Waals surface area contributed by atoms with E-state index >= 15 is 0 Å². The SMILES string of the molecule is Cc1cc([C@H](C)N)ccc1OCCC1CCCO1. The molecule has 1 heterocycles. The molecule has 0 aromatic heterocycles. The van der Waals surface area contributed by atoms with Crippen LogP contribution in [0.5, 0.6) is 5.75 Å². The minimum absolute atomic E-state index is 0.0737. The average Bonchev–Trinajstić information content (AvgIpc) is 2.84. The second-order valence-corrected chi connectivity index (χ2v) is 5.09. The zero-order valence-electron chi connectivity index (χ0n) is 11.3. The molecule has 18 heavy (non-hydrogen) atoms. The molecule has 3 heteroatoms. The Morgan fingerprint density at radius 1 is 1.50 bits per heavy atom. The lowest BCUT2D eigenvalue weighted by Crippen LogP contribution is -2.11.